The molecule has 0 aliphatic carbocycles. The lowest BCUT2D eigenvalue weighted by Crippen LogP contribution is -1.98. The lowest BCUT2D eigenvalue weighted by atomic mass is 10.3. The van der Waals surface area contributed by atoms with E-state index < -0.39 is 5.97 Å². The maximum absolute atomic E-state index is 10.7. The highest BCUT2D eigenvalue weighted by atomic mass is 35.5. The quantitative estimate of drug-likeness (QED) is 0.885. The van der Waals surface area contributed by atoms with Crippen molar-refractivity contribution < 1.29 is 9.90 Å². The molecule has 7 heteroatoms. The predicted octanol–water partition coefficient (Wildman–Crippen LogP) is 2.62. The van der Waals surface area contributed by atoms with Gasteiger partial charge in [-0.2, -0.15) is 8.75 Å². The van der Waals surface area contributed by atoms with Crippen LogP contribution in [0.2, 0.25) is 4.34 Å². The van der Waals surface area contributed by atoms with Crippen LogP contribution in [0.5, 0.6) is 0 Å². The van der Waals surface area contributed by atoms with Crippen molar-refractivity contribution >= 4 is 40.6 Å². The number of rotatable bonds is 2. The van der Waals surface area contributed by atoms with E-state index in [1.165, 1.54) is 11.3 Å². The smallest absolute Gasteiger partial charge is 0.358 e. The van der Waals surface area contributed by atoms with Crippen LogP contribution in [-0.4, -0.2) is 19.8 Å². The second kappa shape index (κ2) is 3.64. The predicted molar refractivity (Wildman–Crippen MR) is 55.2 cm³/mol. The van der Waals surface area contributed by atoms with E-state index in [1.807, 2.05) is 0 Å². The van der Waals surface area contributed by atoms with Crippen molar-refractivity contribution in [1.82, 2.24) is 8.75 Å². The van der Waals surface area contributed by atoms with Gasteiger partial charge in [-0.1, -0.05) is 11.6 Å². The minimum atomic E-state index is -1.07. The van der Waals surface area contributed by atoms with Gasteiger partial charge in [0.15, 0.2) is 5.69 Å². The van der Waals surface area contributed by atoms with Crippen LogP contribution in [-0.2, 0) is 0 Å². The van der Waals surface area contributed by atoms with Crippen LogP contribution in [0.1, 0.15) is 10.5 Å². The van der Waals surface area contributed by atoms with Crippen molar-refractivity contribution in [3.63, 3.8) is 0 Å². The molecule has 72 valence electrons. The normalized spacial score (nSPS) is 10.4. The molecule has 0 aromatic carbocycles. The van der Waals surface area contributed by atoms with Gasteiger partial charge in [0.1, 0.15) is 5.69 Å². The molecule has 0 spiro atoms. The highest BCUT2D eigenvalue weighted by molar-refractivity contribution is 7.19. The van der Waals surface area contributed by atoms with Crippen molar-refractivity contribution in [2.24, 2.45) is 0 Å². The topological polar surface area (TPSA) is 63.1 Å². The molecule has 2 rings (SSSR count). The van der Waals surface area contributed by atoms with Crippen LogP contribution in [0.3, 0.4) is 0 Å². The third-order valence-electron chi connectivity index (χ3n) is 1.50. The zero-order valence-corrected chi connectivity index (χ0v) is 8.99. The fraction of sp³-hybridized carbons (Fsp3) is 0. The van der Waals surface area contributed by atoms with Gasteiger partial charge in [-0.25, -0.2) is 4.79 Å². The van der Waals surface area contributed by atoms with E-state index >= 15 is 0 Å². The Balaban J connectivity index is 2.51. The summed E-state index contributed by atoms with van der Waals surface area (Å²) < 4.78 is 8.22. The van der Waals surface area contributed by atoms with Gasteiger partial charge in [-0.15, -0.1) is 11.3 Å². The maximum Gasteiger partial charge on any atom is 0.358 e. The standard InChI is InChI=1S/C7H3ClN2O2S2/c8-4-2-1-3(13-4)5-6(7(11)12)10-14-9-5/h1-2H,(H,11,12). The first-order chi connectivity index (χ1) is 6.68. The van der Waals surface area contributed by atoms with E-state index in [0.29, 0.717) is 10.0 Å². The molecule has 4 nitrogen and oxygen atoms in total. The SMILES string of the molecule is O=C(O)c1nsnc1-c1ccc(Cl)s1. The molecular weight excluding hydrogens is 244 g/mol. The Morgan fingerprint density at radius 3 is 2.79 bits per heavy atom. The Morgan fingerprint density at radius 2 is 2.21 bits per heavy atom. The molecule has 14 heavy (non-hydrogen) atoms. The highest BCUT2D eigenvalue weighted by Gasteiger charge is 2.17. The molecule has 0 bridgehead atoms. The van der Waals surface area contributed by atoms with Gasteiger partial charge in [-0.3, -0.25) is 0 Å². The van der Waals surface area contributed by atoms with E-state index in [1.54, 1.807) is 12.1 Å². The van der Waals surface area contributed by atoms with Crippen LogP contribution in [0.25, 0.3) is 10.6 Å². The number of carboxylic acids is 1. The first-order valence-electron chi connectivity index (χ1n) is 3.50. The molecule has 0 amide bonds. The molecule has 0 saturated heterocycles. The summed E-state index contributed by atoms with van der Waals surface area (Å²) in [7, 11) is 0. The number of hydrogen-bond donors (Lipinski definition) is 1. The van der Waals surface area contributed by atoms with Gasteiger partial charge >= 0.3 is 5.97 Å². The van der Waals surface area contributed by atoms with E-state index in [4.69, 9.17) is 16.7 Å². The summed E-state index contributed by atoms with van der Waals surface area (Å²) in [5, 5.41) is 8.80. The lowest BCUT2D eigenvalue weighted by Gasteiger charge is -1.90. The molecule has 0 fully saturated rings. The molecule has 0 aliphatic heterocycles. The van der Waals surface area contributed by atoms with Crippen LogP contribution in [0.4, 0.5) is 0 Å². The van der Waals surface area contributed by atoms with Crippen molar-refractivity contribution in [3.05, 3.63) is 22.2 Å². The summed E-state index contributed by atoms with van der Waals surface area (Å²) in [5.74, 6) is -1.07. The monoisotopic (exact) mass is 246 g/mol. The van der Waals surface area contributed by atoms with E-state index in [9.17, 15) is 4.79 Å². The number of carbonyl (C=O) groups is 1. The second-order valence-electron chi connectivity index (χ2n) is 2.37. The summed E-state index contributed by atoms with van der Waals surface area (Å²) in [4.78, 5) is 11.5. The fourth-order valence-electron chi connectivity index (χ4n) is 0.932. The first-order valence-corrected chi connectivity index (χ1v) is 5.42. The molecule has 0 atom stereocenters. The lowest BCUT2D eigenvalue weighted by molar-refractivity contribution is 0.0692. The zero-order valence-electron chi connectivity index (χ0n) is 6.60. The number of aromatic nitrogens is 2. The highest BCUT2D eigenvalue weighted by Crippen LogP contribution is 2.31. The summed E-state index contributed by atoms with van der Waals surface area (Å²) in [6.07, 6.45) is 0. The van der Waals surface area contributed by atoms with Crippen LogP contribution >= 0.6 is 34.7 Å². The zero-order chi connectivity index (χ0) is 10.1. The van der Waals surface area contributed by atoms with Crippen LogP contribution in [0, 0.1) is 0 Å². The maximum atomic E-state index is 10.7. The van der Waals surface area contributed by atoms with Crippen LogP contribution in [0.15, 0.2) is 12.1 Å². The Morgan fingerprint density at radius 1 is 1.43 bits per heavy atom. The Kier molecular flexibility index (Phi) is 2.49. The Bertz CT molecular complexity index is 479. The van der Waals surface area contributed by atoms with Gasteiger partial charge in [0.2, 0.25) is 0 Å². The van der Waals surface area contributed by atoms with Crippen molar-refractivity contribution in [2.75, 3.05) is 0 Å². The molecule has 0 saturated carbocycles. The third-order valence-corrected chi connectivity index (χ3v) is 3.26. The Labute approximate surface area is 92.1 Å². The minimum Gasteiger partial charge on any atom is -0.476 e. The number of hydrogen-bond acceptors (Lipinski definition) is 5. The average molecular weight is 247 g/mol. The van der Waals surface area contributed by atoms with E-state index in [-0.39, 0.29) is 5.69 Å². The molecular formula is C7H3ClN2O2S2. The van der Waals surface area contributed by atoms with E-state index in [0.717, 1.165) is 16.6 Å². The molecule has 2 heterocycles. The molecule has 1 N–H and O–H groups in total. The Hall–Kier alpha value is -0.980. The summed E-state index contributed by atoms with van der Waals surface area (Å²) in [5.41, 5.74) is 0.368. The summed E-state index contributed by atoms with van der Waals surface area (Å²) >= 11 is 7.90. The van der Waals surface area contributed by atoms with Gasteiger partial charge in [0, 0.05) is 0 Å². The van der Waals surface area contributed by atoms with Crippen molar-refractivity contribution in [3.8, 4) is 10.6 Å². The number of aromatic carboxylic acids is 1. The molecule has 2 aromatic rings. The van der Waals surface area contributed by atoms with Gasteiger partial charge in [0.05, 0.1) is 20.9 Å². The first kappa shape index (κ1) is 9.57. The van der Waals surface area contributed by atoms with Gasteiger partial charge in [0.25, 0.3) is 0 Å². The average Bonchev–Trinajstić information content (AvgIpc) is 2.70. The van der Waals surface area contributed by atoms with Crippen molar-refractivity contribution in [2.45, 2.75) is 0 Å². The fourth-order valence-corrected chi connectivity index (χ4v) is 2.58. The largest absolute Gasteiger partial charge is 0.476 e. The molecule has 2 aromatic heterocycles. The van der Waals surface area contributed by atoms with Crippen LogP contribution < -0.4 is 0 Å². The second-order valence-corrected chi connectivity index (χ2v) is 4.61. The number of carboxylic acid groups (broad SMARTS) is 1. The van der Waals surface area contributed by atoms with Crippen molar-refractivity contribution in [1.29, 1.82) is 0 Å². The molecule has 0 aliphatic rings. The number of nitrogens with zero attached hydrogens (tertiary/aromatic N) is 2. The van der Waals surface area contributed by atoms with E-state index in [2.05, 4.69) is 8.75 Å². The van der Waals surface area contributed by atoms with Gasteiger partial charge in [-0.05, 0) is 12.1 Å². The summed E-state index contributed by atoms with van der Waals surface area (Å²) in [6.45, 7) is 0. The summed E-state index contributed by atoms with van der Waals surface area (Å²) in [6, 6.07) is 3.43. The number of thiophene rings is 1. The molecule has 0 radical (unpaired) electrons. The number of halogens is 1. The third kappa shape index (κ3) is 1.63. The molecule has 0 unspecified atom stereocenters. The van der Waals surface area contributed by atoms with Gasteiger partial charge < -0.3 is 5.11 Å². The minimum absolute atomic E-state index is 0.0199.